The first kappa shape index (κ1) is 13.2. The largest absolute Gasteiger partial charge is 0.309 e. The highest BCUT2D eigenvalue weighted by molar-refractivity contribution is 9.10. The molecule has 0 amide bonds. The van der Waals surface area contributed by atoms with Gasteiger partial charge in [0.1, 0.15) is 5.82 Å². The highest BCUT2D eigenvalue weighted by Gasteiger charge is 2.15. The predicted molar refractivity (Wildman–Crippen MR) is 74.0 cm³/mol. The van der Waals surface area contributed by atoms with Crippen molar-refractivity contribution in [3.05, 3.63) is 63.6 Å². The molecule has 2 rings (SSSR count). The summed E-state index contributed by atoms with van der Waals surface area (Å²) in [6.07, 6.45) is 3.57. The normalized spacial score (nSPS) is 12.4. The van der Waals surface area contributed by atoms with E-state index in [1.807, 2.05) is 32.3 Å². The van der Waals surface area contributed by atoms with Crippen molar-refractivity contribution in [1.29, 1.82) is 0 Å². The molecule has 0 bridgehead atoms. The van der Waals surface area contributed by atoms with Crippen molar-refractivity contribution in [2.45, 2.75) is 13.0 Å². The van der Waals surface area contributed by atoms with Crippen LogP contribution in [0.4, 0.5) is 4.39 Å². The molecular formula is C14H14BrFN2. The fraction of sp³-hybridized carbons (Fsp3) is 0.214. The molecular weight excluding hydrogens is 295 g/mol. The Hall–Kier alpha value is -1.26. The van der Waals surface area contributed by atoms with Crippen LogP contribution < -0.4 is 5.32 Å². The van der Waals surface area contributed by atoms with Gasteiger partial charge in [0.25, 0.3) is 0 Å². The summed E-state index contributed by atoms with van der Waals surface area (Å²) in [6, 6.07) is 7.06. The molecule has 0 aliphatic carbocycles. The zero-order valence-electron chi connectivity index (χ0n) is 10.2. The van der Waals surface area contributed by atoms with E-state index < -0.39 is 0 Å². The van der Waals surface area contributed by atoms with Crippen LogP contribution in [0.1, 0.15) is 22.7 Å². The van der Waals surface area contributed by atoms with Gasteiger partial charge in [0.2, 0.25) is 0 Å². The minimum atomic E-state index is -0.255. The summed E-state index contributed by atoms with van der Waals surface area (Å²) in [4.78, 5) is 4.14. The van der Waals surface area contributed by atoms with Crippen molar-refractivity contribution in [3.63, 3.8) is 0 Å². The van der Waals surface area contributed by atoms with Crippen LogP contribution in [0.3, 0.4) is 0 Å². The number of nitrogens with zero attached hydrogens (tertiary/aromatic N) is 1. The van der Waals surface area contributed by atoms with Crippen LogP contribution in [0.2, 0.25) is 0 Å². The standard InChI is InChI=1S/C14H14BrFN2/c1-9-5-6-18-8-11(9)14(17-2)10-3-4-12(15)13(16)7-10/h3-8,14,17H,1-2H3. The van der Waals surface area contributed by atoms with Gasteiger partial charge in [-0.3, -0.25) is 4.98 Å². The first-order chi connectivity index (χ1) is 8.63. The van der Waals surface area contributed by atoms with Crippen LogP contribution in [0.5, 0.6) is 0 Å². The Bertz CT molecular complexity index is 557. The third kappa shape index (κ3) is 2.60. The maximum Gasteiger partial charge on any atom is 0.137 e. The quantitative estimate of drug-likeness (QED) is 0.937. The number of nitrogens with one attached hydrogen (secondary N) is 1. The highest BCUT2D eigenvalue weighted by atomic mass is 79.9. The maximum absolute atomic E-state index is 13.6. The van der Waals surface area contributed by atoms with Crippen molar-refractivity contribution >= 4 is 15.9 Å². The number of benzene rings is 1. The average Bonchev–Trinajstić information content (AvgIpc) is 2.37. The van der Waals surface area contributed by atoms with E-state index in [9.17, 15) is 4.39 Å². The molecule has 0 spiro atoms. The molecule has 1 aromatic carbocycles. The monoisotopic (exact) mass is 308 g/mol. The van der Waals surface area contributed by atoms with Crippen molar-refractivity contribution < 1.29 is 4.39 Å². The molecule has 0 saturated carbocycles. The van der Waals surface area contributed by atoms with Gasteiger partial charge in [0, 0.05) is 12.4 Å². The van der Waals surface area contributed by atoms with E-state index in [2.05, 4.69) is 26.2 Å². The van der Waals surface area contributed by atoms with Crippen molar-refractivity contribution in [3.8, 4) is 0 Å². The van der Waals surface area contributed by atoms with E-state index in [1.54, 1.807) is 12.3 Å². The summed E-state index contributed by atoms with van der Waals surface area (Å²) in [6.45, 7) is 2.02. The first-order valence-corrected chi connectivity index (χ1v) is 6.45. The Balaban J connectivity index is 2.45. The summed E-state index contributed by atoms with van der Waals surface area (Å²) >= 11 is 3.16. The van der Waals surface area contributed by atoms with Gasteiger partial charge in [-0.2, -0.15) is 0 Å². The summed E-state index contributed by atoms with van der Waals surface area (Å²) in [5.41, 5.74) is 3.07. The average molecular weight is 309 g/mol. The molecule has 0 aliphatic heterocycles. The van der Waals surface area contributed by atoms with Crippen molar-refractivity contribution in [2.24, 2.45) is 0 Å². The van der Waals surface area contributed by atoms with Gasteiger partial charge in [-0.1, -0.05) is 6.07 Å². The third-order valence-electron chi connectivity index (χ3n) is 2.96. The molecule has 0 saturated heterocycles. The molecule has 0 radical (unpaired) electrons. The molecule has 4 heteroatoms. The van der Waals surface area contributed by atoms with Crippen LogP contribution >= 0.6 is 15.9 Å². The molecule has 1 aromatic heterocycles. The summed E-state index contributed by atoms with van der Waals surface area (Å²) in [7, 11) is 1.86. The van der Waals surface area contributed by atoms with E-state index >= 15 is 0 Å². The Kier molecular flexibility index (Phi) is 4.09. The Morgan fingerprint density at radius 1 is 1.33 bits per heavy atom. The Morgan fingerprint density at radius 2 is 2.11 bits per heavy atom. The number of hydrogen-bond acceptors (Lipinski definition) is 2. The minimum Gasteiger partial charge on any atom is -0.309 e. The summed E-state index contributed by atoms with van der Waals surface area (Å²) in [5, 5.41) is 3.20. The van der Waals surface area contributed by atoms with Crippen LogP contribution in [-0.2, 0) is 0 Å². The lowest BCUT2D eigenvalue weighted by molar-refractivity contribution is 0.610. The number of halogens is 2. The molecule has 2 nitrogen and oxygen atoms in total. The van der Waals surface area contributed by atoms with Crippen molar-refractivity contribution in [1.82, 2.24) is 10.3 Å². The van der Waals surface area contributed by atoms with Crippen LogP contribution in [0.25, 0.3) is 0 Å². The van der Waals surface area contributed by atoms with Gasteiger partial charge < -0.3 is 5.32 Å². The number of aryl methyl sites for hydroxylation is 1. The second-order valence-corrected chi connectivity index (χ2v) is 4.98. The molecule has 1 atom stereocenters. The summed E-state index contributed by atoms with van der Waals surface area (Å²) in [5.74, 6) is -0.255. The molecule has 1 unspecified atom stereocenters. The van der Waals surface area contributed by atoms with Gasteiger partial charge in [0.05, 0.1) is 10.5 Å². The smallest absolute Gasteiger partial charge is 0.137 e. The fourth-order valence-electron chi connectivity index (χ4n) is 1.97. The SMILES string of the molecule is CNC(c1ccc(Br)c(F)c1)c1cnccc1C. The van der Waals surface area contributed by atoms with E-state index in [1.165, 1.54) is 6.07 Å². The topological polar surface area (TPSA) is 24.9 Å². The zero-order valence-corrected chi connectivity index (χ0v) is 11.8. The Labute approximate surface area is 114 Å². The van der Waals surface area contributed by atoms with Gasteiger partial charge in [-0.05, 0) is 64.8 Å². The lowest BCUT2D eigenvalue weighted by Crippen LogP contribution is -2.19. The van der Waals surface area contributed by atoms with Crippen molar-refractivity contribution in [2.75, 3.05) is 7.05 Å². The van der Waals surface area contributed by atoms with E-state index in [0.717, 1.165) is 16.7 Å². The first-order valence-electron chi connectivity index (χ1n) is 5.66. The maximum atomic E-state index is 13.6. The molecule has 2 aromatic rings. The predicted octanol–water partition coefficient (Wildman–Crippen LogP) is 3.60. The van der Waals surface area contributed by atoms with Gasteiger partial charge in [-0.25, -0.2) is 4.39 Å². The number of pyridine rings is 1. The zero-order chi connectivity index (χ0) is 13.1. The van der Waals surface area contributed by atoms with Crippen LogP contribution in [-0.4, -0.2) is 12.0 Å². The van der Waals surface area contributed by atoms with E-state index in [-0.39, 0.29) is 11.9 Å². The molecule has 1 heterocycles. The molecule has 18 heavy (non-hydrogen) atoms. The minimum absolute atomic E-state index is 0.0544. The van der Waals surface area contributed by atoms with Crippen LogP contribution in [0.15, 0.2) is 41.1 Å². The number of aromatic nitrogens is 1. The lowest BCUT2D eigenvalue weighted by Gasteiger charge is -2.19. The Morgan fingerprint density at radius 3 is 2.72 bits per heavy atom. The third-order valence-corrected chi connectivity index (χ3v) is 3.60. The van der Waals surface area contributed by atoms with Gasteiger partial charge in [-0.15, -0.1) is 0 Å². The van der Waals surface area contributed by atoms with E-state index in [0.29, 0.717) is 4.47 Å². The molecule has 1 N–H and O–H groups in total. The van der Waals surface area contributed by atoms with E-state index in [4.69, 9.17) is 0 Å². The van der Waals surface area contributed by atoms with Gasteiger partial charge >= 0.3 is 0 Å². The number of rotatable bonds is 3. The highest BCUT2D eigenvalue weighted by Crippen LogP contribution is 2.26. The molecule has 0 aliphatic rings. The fourth-order valence-corrected chi connectivity index (χ4v) is 2.22. The second kappa shape index (κ2) is 5.59. The van der Waals surface area contributed by atoms with Crippen LogP contribution in [0, 0.1) is 12.7 Å². The molecule has 94 valence electrons. The second-order valence-electron chi connectivity index (χ2n) is 4.13. The number of hydrogen-bond donors (Lipinski definition) is 1. The molecule has 0 fully saturated rings. The summed E-state index contributed by atoms with van der Waals surface area (Å²) < 4.78 is 14.1. The lowest BCUT2D eigenvalue weighted by atomic mass is 9.97. The van der Waals surface area contributed by atoms with Gasteiger partial charge in [0.15, 0.2) is 0 Å².